The summed E-state index contributed by atoms with van der Waals surface area (Å²) in [5.74, 6) is 0.588. The second kappa shape index (κ2) is 7.44. The molecule has 120 valence electrons. The number of benzene rings is 1. The molecule has 1 unspecified atom stereocenters. The maximum Gasteiger partial charge on any atom is 0.323 e. The summed E-state index contributed by atoms with van der Waals surface area (Å²) in [5, 5.41) is 14.8. The number of hydrogen-bond donors (Lipinski definition) is 1. The molecule has 1 aromatic carbocycles. The highest BCUT2D eigenvalue weighted by Crippen LogP contribution is 2.48. The number of hydrogen-bond acceptors (Lipinski definition) is 5. The summed E-state index contributed by atoms with van der Waals surface area (Å²) in [6, 6.07) is 3.23. The number of fused-ring (bicyclic) bond motifs is 1. The van der Waals surface area contributed by atoms with Crippen LogP contribution in [-0.2, 0) is 0 Å². The zero-order valence-electron chi connectivity index (χ0n) is 12.2. The lowest BCUT2D eigenvalue weighted by Gasteiger charge is -2.25. The average molecular weight is 363 g/mol. The smallest absolute Gasteiger partial charge is 0.323 e. The Labute approximate surface area is 143 Å². The molecule has 2 rings (SSSR count). The zero-order valence-corrected chi connectivity index (χ0v) is 14.5. The quantitative estimate of drug-likeness (QED) is 0.454. The molecule has 0 spiro atoms. The third-order valence-electron chi connectivity index (χ3n) is 3.25. The second-order valence-corrected chi connectivity index (χ2v) is 6.56. The lowest BCUT2D eigenvalue weighted by Crippen LogP contribution is -2.29. The lowest BCUT2D eigenvalue weighted by molar-refractivity contribution is -0.431. The molecule has 8 heteroatoms. The second-order valence-electron chi connectivity index (χ2n) is 4.78. The first kappa shape index (κ1) is 17.2. The number of ether oxygens (including phenoxy) is 1. The molecule has 0 aromatic heterocycles. The van der Waals surface area contributed by atoms with Crippen molar-refractivity contribution < 1.29 is 9.66 Å². The molecule has 1 N–H and O–H groups in total. The van der Waals surface area contributed by atoms with Gasteiger partial charge < -0.3 is 10.1 Å². The zero-order chi connectivity index (χ0) is 16.3. The van der Waals surface area contributed by atoms with Gasteiger partial charge >= 0.3 is 5.70 Å². The summed E-state index contributed by atoms with van der Waals surface area (Å²) in [5.41, 5.74) is 0.618. The highest BCUT2D eigenvalue weighted by atomic mass is 35.5. The molecule has 0 saturated carbocycles. The van der Waals surface area contributed by atoms with E-state index in [1.807, 2.05) is 13.2 Å². The Balaban J connectivity index is 2.48. The Morgan fingerprint density at radius 3 is 2.77 bits per heavy atom. The van der Waals surface area contributed by atoms with Crippen LogP contribution in [0.4, 0.5) is 0 Å². The first-order valence-corrected chi connectivity index (χ1v) is 8.86. The molecule has 1 aliphatic rings. The first-order chi connectivity index (χ1) is 10.5. The van der Waals surface area contributed by atoms with E-state index in [0.717, 1.165) is 12.8 Å². The van der Waals surface area contributed by atoms with E-state index < -0.39 is 10.2 Å². The van der Waals surface area contributed by atoms with E-state index >= 15 is 0 Å². The van der Waals surface area contributed by atoms with Crippen molar-refractivity contribution in [3.63, 3.8) is 0 Å². The van der Waals surface area contributed by atoms with E-state index in [0.29, 0.717) is 27.9 Å². The maximum atomic E-state index is 11.5. The minimum absolute atomic E-state index is 0.00515. The first-order valence-electron chi connectivity index (χ1n) is 6.81. The number of nitrogens with zero attached hydrogens (tertiary/aromatic N) is 1. The van der Waals surface area contributed by atoms with Crippen LogP contribution in [0, 0.1) is 10.1 Å². The van der Waals surface area contributed by atoms with Gasteiger partial charge in [0.2, 0.25) is 0 Å². The van der Waals surface area contributed by atoms with Crippen LogP contribution in [0.25, 0.3) is 0 Å². The SMILES string of the molecule is CCCCNC1=C([N+](=O)[O-])C(SC)c2cc(Cl)cc(Cl)c2O1. The standard InChI is InChI=1S/C14H16Cl2N2O3S/c1-3-4-5-17-14-11(18(19)20)13(22-2)9-6-8(15)7-10(16)12(9)21-14/h6-7,13,17H,3-5H2,1-2H3. The molecule has 1 aromatic rings. The average Bonchev–Trinajstić information content (AvgIpc) is 2.46. The Bertz CT molecular complexity index is 622. The van der Waals surface area contributed by atoms with Crippen LogP contribution < -0.4 is 10.1 Å². The van der Waals surface area contributed by atoms with Gasteiger partial charge in [0.1, 0.15) is 5.25 Å². The predicted molar refractivity (Wildman–Crippen MR) is 90.3 cm³/mol. The highest BCUT2D eigenvalue weighted by molar-refractivity contribution is 7.99. The summed E-state index contributed by atoms with van der Waals surface area (Å²) in [7, 11) is 0. The van der Waals surface area contributed by atoms with E-state index in [1.54, 1.807) is 12.1 Å². The van der Waals surface area contributed by atoms with E-state index in [9.17, 15) is 10.1 Å². The van der Waals surface area contributed by atoms with Crippen molar-refractivity contribution in [2.75, 3.05) is 12.8 Å². The number of nitrogens with one attached hydrogen (secondary N) is 1. The van der Waals surface area contributed by atoms with Crippen LogP contribution in [0.5, 0.6) is 5.75 Å². The van der Waals surface area contributed by atoms with Gasteiger partial charge in [0.25, 0.3) is 5.88 Å². The van der Waals surface area contributed by atoms with Crippen molar-refractivity contribution in [2.24, 2.45) is 0 Å². The Kier molecular flexibility index (Phi) is 5.83. The number of rotatable bonds is 6. The minimum atomic E-state index is -0.487. The summed E-state index contributed by atoms with van der Waals surface area (Å²) >= 11 is 13.6. The third kappa shape index (κ3) is 3.45. The van der Waals surface area contributed by atoms with Gasteiger partial charge in [-0.05, 0) is 24.8 Å². The molecule has 1 aliphatic heterocycles. The number of halogens is 2. The van der Waals surface area contributed by atoms with Gasteiger partial charge in [-0.15, -0.1) is 11.8 Å². The number of unbranched alkanes of at least 4 members (excludes halogenated alkanes) is 1. The Morgan fingerprint density at radius 1 is 1.45 bits per heavy atom. The summed E-state index contributed by atoms with van der Waals surface area (Å²) in [6.45, 7) is 2.65. The molecule has 0 saturated heterocycles. The maximum absolute atomic E-state index is 11.5. The molecule has 5 nitrogen and oxygen atoms in total. The monoisotopic (exact) mass is 362 g/mol. The van der Waals surface area contributed by atoms with Gasteiger partial charge in [-0.25, -0.2) is 0 Å². The molecule has 0 fully saturated rings. The molecule has 22 heavy (non-hydrogen) atoms. The Morgan fingerprint density at radius 2 is 2.18 bits per heavy atom. The summed E-state index contributed by atoms with van der Waals surface area (Å²) in [6.07, 6.45) is 3.68. The molecule has 0 bridgehead atoms. The van der Waals surface area contributed by atoms with E-state index in [2.05, 4.69) is 5.32 Å². The van der Waals surface area contributed by atoms with Crippen LogP contribution in [0.15, 0.2) is 23.7 Å². The van der Waals surface area contributed by atoms with E-state index in [4.69, 9.17) is 27.9 Å². The molecule has 1 heterocycles. The van der Waals surface area contributed by atoms with Gasteiger partial charge in [-0.2, -0.15) is 0 Å². The van der Waals surface area contributed by atoms with Crippen molar-refractivity contribution in [1.29, 1.82) is 0 Å². The molecular formula is C14H16Cl2N2O3S. The van der Waals surface area contributed by atoms with E-state index in [1.165, 1.54) is 11.8 Å². The predicted octanol–water partition coefficient (Wildman–Crippen LogP) is 4.63. The third-order valence-corrected chi connectivity index (χ3v) is 4.70. The van der Waals surface area contributed by atoms with Gasteiger partial charge in [0.15, 0.2) is 5.75 Å². The number of thioether (sulfide) groups is 1. The normalized spacial score (nSPS) is 17.0. The van der Waals surface area contributed by atoms with Crippen LogP contribution >= 0.6 is 35.0 Å². The number of nitro groups is 1. The molecule has 0 amide bonds. The van der Waals surface area contributed by atoms with Crippen LogP contribution in [0.3, 0.4) is 0 Å². The topological polar surface area (TPSA) is 64.4 Å². The van der Waals surface area contributed by atoms with Crippen molar-refractivity contribution in [3.8, 4) is 5.75 Å². The highest BCUT2D eigenvalue weighted by Gasteiger charge is 2.39. The summed E-state index contributed by atoms with van der Waals surface area (Å²) < 4.78 is 5.69. The fourth-order valence-electron chi connectivity index (χ4n) is 2.23. The fraction of sp³-hybridized carbons (Fsp3) is 0.429. The van der Waals surface area contributed by atoms with Gasteiger partial charge in [0, 0.05) is 17.1 Å². The van der Waals surface area contributed by atoms with E-state index in [-0.39, 0.29) is 11.6 Å². The molecule has 0 radical (unpaired) electrons. The van der Waals surface area contributed by atoms with Gasteiger partial charge in [-0.1, -0.05) is 36.5 Å². The van der Waals surface area contributed by atoms with Gasteiger partial charge in [-0.3, -0.25) is 10.1 Å². The Hall–Kier alpha value is -1.11. The van der Waals surface area contributed by atoms with Crippen molar-refractivity contribution in [3.05, 3.63) is 49.4 Å². The van der Waals surface area contributed by atoms with Crippen LogP contribution in [0.2, 0.25) is 10.0 Å². The lowest BCUT2D eigenvalue weighted by atomic mass is 10.1. The van der Waals surface area contributed by atoms with Crippen LogP contribution in [0.1, 0.15) is 30.6 Å². The van der Waals surface area contributed by atoms with Crippen LogP contribution in [-0.4, -0.2) is 17.7 Å². The fourth-order valence-corrected chi connectivity index (χ4v) is 3.62. The van der Waals surface area contributed by atoms with Crippen molar-refractivity contribution >= 4 is 35.0 Å². The van der Waals surface area contributed by atoms with Crippen molar-refractivity contribution in [1.82, 2.24) is 5.32 Å². The van der Waals surface area contributed by atoms with Crippen molar-refractivity contribution in [2.45, 2.75) is 25.0 Å². The summed E-state index contributed by atoms with van der Waals surface area (Å²) in [4.78, 5) is 11.1. The molecule has 0 aliphatic carbocycles. The van der Waals surface area contributed by atoms with Gasteiger partial charge in [0.05, 0.1) is 9.95 Å². The molecule has 1 atom stereocenters. The largest absolute Gasteiger partial charge is 0.434 e. The minimum Gasteiger partial charge on any atom is -0.434 e. The molecular weight excluding hydrogens is 347 g/mol.